The van der Waals surface area contributed by atoms with Gasteiger partial charge in [-0.2, -0.15) is 0 Å². The quantitative estimate of drug-likeness (QED) is 0.451. The van der Waals surface area contributed by atoms with Crippen molar-refractivity contribution >= 4 is 17.5 Å². The van der Waals surface area contributed by atoms with Crippen LogP contribution in [0, 0.1) is 5.92 Å². The highest BCUT2D eigenvalue weighted by molar-refractivity contribution is 6.37. The van der Waals surface area contributed by atoms with Crippen LogP contribution in [0.3, 0.4) is 0 Å². The third-order valence-corrected chi connectivity index (χ3v) is 1.83. The summed E-state index contributed by atoms with van der Waals surface area (Å²) in [4.78, 5) is 31.7. The molecule has 0 aliphatic heterocycles. The SMILES string of the molecule is O=C(O)C(=O)C1CCCC1=O. The molecular weight excluding hydrogens is 148 g/mol. The largest absolute Gasteiger partial charge is 0.475 e. The molecule has 1 rings (SSSR count). The second-order valence-electron chi connectivity index (χ2n) is 2.58. The van der Waals surface area contributed by atoms with E-state index in [4.69, 9.17) is 5.11 Å². The topological polar surface area (TPSA) is 71.4 Å². The summed E-state index contributed by atoms with van der Waals surface area (Å²) >= 11 is 0. The number of rotatable bonds is 2. The van der Waals surface area contributed by atoms with E-state index in [9.17, 15) is 14.4 Å². The molecule has 11 heavy (non-hydrogen) atoms. The zero-order chi connectivity index (χ0) is 8.43. The van der Waals surface area contributed by atoms with E-state index in [0.29, 0.717) is 19.3 Å². The number of Topliss-reactive ketones (excluding diaryl/α,β-unsaturated/α-hetero) is 2. The number of carboxylic acid groups (broad SMARTS) is 1. The van der Waals surface area contributed by atoms with Gasteiger partial charge < -0.3 is 5.11 Å². The molecule has 0 radical (unpaired) electrons. The summed E-state index contributed by atoms with van der Waals surface area (Å²) in [7, 11) is 0. The smallest absolute Gasteiger partial charge is 0.372 e. The van der Waals surface area contributed by atoms with Crippen LogP contribution in [0.4, 0.5) is 0 Å². The van der Waals surface area contributed by atoms with E-state index < -0.39 is 17.7 Å². The second kappa shape index (κ2) is 2.82. The molecule has 1 saturated carbocycles. The third-order valence-electron chi connectivity index (χ3n) is 1.83. The summed E-state index contributed by atoms with van der Waals surface area (Å²) in [5.74, 6) is -3.53. The summed E-state index contributed by atoms with van der Waals surface area (Å²) in [6.45, 7) is 0. The summed E-state index contributed by atoms with van der Waals surface area (Å²) in [5.41, 5.74) is 0. The number of hydrogen-bond donors (Lipinski definition) is 1. The first-order valence-corrected chi connectivity index (χ1v) is 3.43. The Bertz CT molecular complexity index is 218. The lowest BCUT2D eigenvalue weighted by atomic mass is 10.0. The molecule has 1 unspecified atom stereocenters. The fourth-order valence-electron chi connectivity index (χ4n) is 1.24. The minimum atomic E-state index is -1.50. The minimum absolute atomic E-state index is 0.225. The Balaban J connectivity index is 2.67. The monoisotopic (exact) mass is 156 g/mol. The maximum atomic E-state index is 10.8. The maximum Gasteiger partial charge on any atom is 0.372 e. The molecule has 4 heteroatoms. The molecule has 0 aromatic heterocycles. The number of aliphatic carboxylic acids is 1. The van der Waals surface area contributed by atoms with Gasteiger partial charge in [0.05, 0.1) is 5.92 Å². The van der Waals surface area contributed by atoms with Crippen LogP contribution in [-0.2, 0) is 14.4 Å². The molecule has 60 valence electrons. The molecule has 0 spiro atoms. The van der Waals surface area contributed by atoms with Crippen molar-refractivity contribution in [2.24, 2.45) is 5.92 Å². The van der Waals surface area contributed by atoms with Crippen molar-refractivity contribution in [1.82, 2.24) is 0 Å². The van der Waals surface area contributed by atoms with Gasteiger partial charge in [0.15, 0.2) is 0 Å². The average Bonchev–Trinajstić information content (AvgIpc) is 2.33. The molecule has 1 fully saturated rings. The van der Waals surface area contributed by atoms with Crippen molar-refractivity contribution in [1.29, 1.82) is 0 Å². The molecule has 0 amide bonds. The van der Waals surface area contributed by atoms with Gasteiger partial charge in [0.1, 0.15) is 5.78 Å². The average molecular weight is 156 g/mol. The van der Waals surface area contributed by atoms with Crippen molar-refractivity contribution in [3.8, 4) is 0 Å². The van der Waals surface area contributed by atoms with Gasteiger partial charge in [-0.3, -0.25) is 9.59 Å². The van der Waals surface area contributed by atoms with Crippen LogP contribution < -0.4 is 0 Å². The molecule has 0 heterocycles. The predicted molar refractivity (Wildman–Crippen MR) is 35.0 cm³/mol. The van der Waals surface area contributed by atoms with Crippen LogP contribution in [0.1, 0.15) is 19.3 Å². The number of hydrogen-bond acceptors (Lipinski definition) is 3. The second-order valence-corrected chi connectivity index (χ2v) is 2.58. The van der Waals surface area contributed by atoms with Gasteiger partial charge in [0.25, 0.3) is 0 Å². The number of carboxylic acids is 1. The van der Waals surface area contributed by atoms with Crippen molar-refractivity contribution in [2.75, 3.05) is 0 Å². The Morgan fingerprint density at radius 3 is 2.45 bits per heavy atom. The van der Waals surface area contributed by atoms with Gasteiger partial charge in [-0.05, 0) is 12.8 Å². The van der Waals surface area contributed by atoms with E-state index in [1.54, 1.807) is 0 Å². The lowest BCUT2D eigenvalue weighted by Gasteiger charge is -1.99. The number of carbonyl (C=O) groups is 3. The van der Waals surface area contributed by atoms with Gasteiger partial charge in [-0.1, -0.05) is 0 Å². The molecular formula is C7H8O4. The molecule has 1 atom stereocenters. The molecule has 4 nitrogen and oxygen atoms in total. The summed E-state index contributed by atoms with van der Waals surface area (Å²) in [6.07, 6.45) is 1.40. The molecule has 0 bridgehead atoms. The van der Waals surface area contributed by atoms with Crippen LogP contribution in [0.5, 0.6) is 0 Å². The lowest BCUT2D eigenvalue weighted by Crippen LogP contribution is -2.26. The molecule has 1 aliphatic carbocycles. The van der Waals surface area contributed by atoms with Crippen molar-refractivity contribution in [3.05, 3.63) is 0 Å². The fourth-order valence-corrected chi connectivity index (χ4v) is 1.24. The van der Waals surface area contributed by atoms with Crippen LogP contribution >= 0.6 is 0 Å². The van der Waals surface area contributed by atoms with Crippen molar-refractivity contribution in [2.45, 2.75) is 19.3 Å². The molecule has 0 saturated heterocycles. The number of ketones is 2. The fraction of sp³-hybridized carbons (Fsp3) is 0.571. The highest BCUT2D eigenvalue weighted by Crippen LogP contribution is 2.21. The highest BCUT2D eigenvalue weighted by atomic mass is 16.4. The van der Waals surface area contributed by atoms with Crippen molar-refractivity contribution < 1.29 is 19.5 Å². The Morgan fingerprint density at radius 2 is 2.09 bits per heavy atom. The van der Waals surface area contributed by atoms with Crippen molar-refractivity contribution in [3.63, 3.8) is 0 Å². The van der Waals surface area contributed by atoms with Gasteiger partial charge in [0, 0.05) is 6.42 Å². The lowest BCUT2D eigenvalue weighted by molar-refractivity contribution is -0.152. The van der Waals surface area contributed by atoms with E-state index in [-0.39, 0.29) is 5.78 Å². The van der Waals surface area contributed by atoms with Gasteiger partial charge in [0.2, 0.25) is 5.78 Å². The zero-order valence-corrected chi connectivity index (χ0v) is 5.87. The van der Waals surface area contributed by atoms with Crippen LogP contribution in [-0.4, -0.2) is 22.6 Å². The summed E-state index contributed by atoms with van der Waals surface area (Å²) < 4.78 is 0. The molecule has 1 N–H and O–H groups in total. The third kappa shape index (κ3) is 1.45. The van der Waals surface area contributed by atoms with E-state index in [2.05, 4.69) is 0 Å². The first-order chi connectivity index (χ1) is 5.13. The predicted octanol–water partition coefficient (Wildman–Crippen LogP) is 0.00930. The normalized spacial score (nSPS) is 23.6. The Morgan fingerprint density at radius 1 is 1.45 bits per heavy atom. The molecule has 0 aromatic rings. The van der Waals surface area contributed by atoms with E-state index in [0.717, 1.165) is 0 Å². The Hall–Kier alpha value is -1.19. The van der Waals surface area contributed by atoms with Crippen LogP contribution in [0.2, 0.25) is 0 Å². The first kappa shape index (κ1) is 7.91. The van der Waals surface area contributed by atoms with Gasteiger partial charge >= 0.3 is 5.97 Å². The minimum Gasteiger partial charge on any atom is -0.475 e. The molecule has 0 aromatic carbocycles. The van der Waals surface area contributed by atoms with E-state index in [1.807, 2.05) is 0 Å². The summed E-state index contributed by atoms with van der Waals surface area (Å²) in [6, 6.07) is 0. The highest BCUT2D eigenvalue weighted by Gasteiger charge is 2.34. The van der Waals surface area contributed by atoms with Crippen LogP contribution in [0.15, 0.2) is 0 Å². The first-order valence-electron chi connectivity index (χ1n) is 3.43. The van der Waals surface area contributed by atoms with Crippen LogP contribution in [0.25, 0.3) is 0 Å². The van der Waals surface area contributed by atoms with Gasteiger partial charge in [-0.15, -0.1) is 0 Å². The maximum absolute atomic E-state index is 10.8. The summed E-state index contributed by atoms with van der Waals surface area (Å²) in [5, 5.41) is 8.26. The number of carbonyl (C=O) groups excluding carboxylic acids is 2. The van der Waals surface area contributed by atoms with E-state index >= 15 is 0 Å². The Labute approximate surface area is 63.2 Å². The standard InChI is InChI=1S/C7H8O4/c8-5-3-1-2-4(5)6(9)7(10)11/h4H,1-3H2,(H,10,11). The zero-order valence-electron chi connectivity index (χ0n) is 5.87. The van der Waals surface area contributed by atoms with Gasteiger partial charge in [-0.25, -0.2) is 4.79 Å². The molecule has 1 aliphatic rings. The Kier molecular flexibility index (Phi) is 2.03. The van der Waals surface area contributed by atoms with E-state index in [1.165, 1.54) is 0 Å².